The average molecular weight is 314 g/mol. The third kappa shape index (κ3) is 4.47. The molecule has 2 aromatic rings. The molecule has 0 bridgehead atoms. The summed E-state index contributed by atoms with van der Waals surface area (Å²) < 4.78 is 5.45. The van der Waals surface area contributed by atoms with E-state index in [0.717, 1.165) is 11.1 Å². The van der Waals surface area contributed by atoms with Crippen molar-refractivity contribution in [1.82, 2.24) is 5.43 Å². The van der Waals surface area contributed by atoms with E-state index in [1.54, 1.807) is 12.1 Å². The third-order valence-electron chi connectivity index (χ3n) is 3.14. The molecule has 0 radical (unpaired) electrons. The zero-order valence-corrected chi connectivity index (χ0v) is 12.9. The molecular weight excluding hydrogens is 296 g/mol. The molecular formula is C17H18N2O4. The third-order valence-corrected chi connectivity index (χ3v) is 3.14. The molecule has 0 spiro atoms. The maximum Gasteiger partial charge on any atom is 0.277 e. The Labute approximate surface area is 134 Å². The summed E-state index contributed by atoms with van der Waals surface area (Å²) in [5.74, 6) is -0.327. The van der Waals surface area contributed by atoms with E-state index in [9.17, 15) is 15.0 Å². The SMILES string of the molecule is Cc1ccc(C)c(OCC(=O)NN=Cc2cccc(O)c2O)c1. The predicted molar refractivity (Wildman–Crippen MR) is 86.9 cm³/mol. The van der Waals surface area contributed by atoms with Crippen molar-refractivity contribution in [2.75, 3.05) is 6.61 Å². The smallest absolute Gasteiger partial charge is 0.277 e. The highest BCUT2D eigenvalue weighted by molar-refractivity contribution is 5.86. The van der Waals surface area contributed by atoms with Gasteiger partial charge in [0.2, 0.25) is 0 Å². The fourth-order valence-electron chi connectivity index (χ4n) is 1.87. The number of para-hydroxylation sites is 1. The maximum absolute atomic E-state index is 11.7. The van der Waals surface area contributed by atoms with Crippen molar-refractivity contribution in [3.8, 4) is 17.2 Å². The summed E-state index contributed by atoms with van der Waals surface area (Å²) in [6, 6.07) is 10.2. The van der Waals surface area contributed by atoms with Crippen molar-refractivity contribution < 1.29 is 19.7 Å². The van der Waals surface area contributed by atoms with Gasteiger partial charge in [0.25, 0.3) is 5.91 Å². The lowest BCUT2D eigenvalue weighted by Crippen LogP contribution is -2.24. The summed E-state index contributed by atoms with van der Waals surface area (Å²) >= 11 is 0. The summed E-state index contributed by atoms with van der Waals surface area (Å²) in [6.07, 6.45) is 1.24. The highest BCUT2D eigenvalue weighted by Crippen LogP contribution is 2.26. The first-order valence-corrected chi connectivity index (χ1v) is 7.00. The zero-order valence-electron chi connectivity index (χ0n) is 12.9. The summed E-state index contributed by atoms with van der Waals surface area (Å²) in [4.78, 5) is 11.7. The molecule has 0 unspecified atom stereocenters. The van der Waals surface area contributed by atoms with Crippen LogP contribution in [0.15, 0.2) is 41.5 Å². The van der Waals surface area contributed by atoms with Gasteiger partial charge >= 0.3 is 0 Å². The molecule has 0 aromatic heterocycles. The van der Waals surface area contributed by atoms with E-state index in [2.05, 4.69) is 10.5 Å². The quantitative estimate of drug-likeness (QED) is 0.448. The van der Waals surface area contributed by atoms with Crippen LogP contribution in [0, 0.1) is 13.8 Å². The van der Waals surface area contributed by atoms with E-state index >= 15 is 0 Å². The number of hydrazone groups is 1. The summed E-state index contributed by atoms with van der Waals surface area (Å²) in [6.45, 7) is 3.67. The number of hydrogen-bond acceptors (Lipinski definition) is 5. The minimum atomic E-state index is -0.429. The number of amides is 1. The van der Waals surface area contributed by atoms with Crippen LogP contribution in [0.25, 0.3) is 0 Å². The molecule has 0 fully saturated rings. The van der Waals surface area contributed by atoms with E-state index in [0.29, 0.717) is 11.3 Å². The van der Waals surface area contributed by atoms with Crippen molar-refractivity contribution in [3.05, 3.63) is 53.1 Å². The number of aromatic hydroxyl groups is 2. The van der Waals surface area contributed by atoms with Crippen LogP contribution >= 0.6 is 0 Å². The Morgan fingerprint density at radius 1 is 1.26 bits per heavy atom. The number of phenols is 2. The number of ether oxygens (including phenoxy) is 1. The van der Waals surface area contributed by atoms with Crippen LogP contribution in [0.2, 0.25) is 0 Å². The number of aryl methyl sites for hydroxylation is 2. The second-order valence-electron chi connectivity index (χ2n) is 5.07. The molecule has 1 amide bonds. The van der Waals surface area contributed by atoms with Gasteiger partial charge in [-0.15, -0.1) is 0 Å². The van der Waals surface area contributed by atoms with Gasteiger partial charge in [0.05, 0.1) is 6.21 Å². The normalized spacial score (nSPS) is 10.7. The first-order chi connectivity index (χ1) is 11.0. The number of nitrogens with zero attached hydrogens (tertiary/aromatic N) is 1. The van der Waals surface area contributed by atoms with Crippen molar-refractivity contribution >= 4 is 12.1 Å². The molecule has 0 heterocycles. The first-order valence-electron chi connectivity index (χ1n) is 7.00. The Kier molecular flexibility index (Phi) is 5.19. The van der Waals surface area contributed by atoms with Crippen molar-refractivity contribution in [2.24, 2.45) is 5.10 Å². The molecule has 0 aliphatic rings. The first kappa shape index (κ1) is 16.4. The Balaban J connectivity index is 1.89. The number of benzene rings is 2. The van der Waals surface area contributed by atoms with E-state index < -0.39 is 5.91 Å². The van der Waals surface area contributed by atoms with Gasteiger partial charge in [0, 0.05) is 5.56 Å². The minimum absolute atomic E-state index is 0.173. The zero-order chi connectivity index (χ0) is 16.8. The lowest BCUT2D eigenvalue weighted by atomic mass is 10.1. The minimum Gasteiger partial charge on any atom is -0.504 e. The molecule has 0 saturated heterocycles. The number of carbonyl (C=O) groups excluding carboxylic acids is 1. The van der Waals surface area contributed by atoms with Crippen LogP contribution in [-0.2, 0) is 4.79 Å². The molecule has 120 valence electrons. The van der Waals surface area contributed by atoms with Crippen LogP contribution in [0.4, 0.5) is 0 Å². The van der Waals surface area contributed by atoms with Crippen molar-refractivity contribution in [3.63, 3.8) is 0 Å². The Morgan fingerprint density at radius 3 is 2.83 bits per heavy atom. The molecule has 0 saturated carbocycles. The van der Waals surface area contributed by atoms with E-state index in [1.165, 1.54) is 12.3 Å². The predicted octanol–water partition coefficient (Wildman–Crippen LogP) is 2.24. The average Bonchev–Trinajstić information content (AvgIpc) is 2.52. The van der Waals surface area contributed by atoms with Gasteiger partial charge in [-0.2, -0.15) is 5.10 Å². The second-order valence-corrected chi connectivity index (χ2v) is 5.07. The molecule has 6 heteroatoms. The number of phenolic OH excluding ortho intramolecular Hbond substituents is 2. The Bertz CT molecular complexity index is 741. The van der Waals surface area contributed by atoms with Crippen LogP contribution in [0.1, 0.15) is 16.7 Å². The van der Waals surface area contributed by atoms with Crippen LogP contribution < -0.4 is 10.2 Å². The fraction of sp³-hybridized carbons (Fsp3) is 0.176. The Morgan fingerprint density at radius 2 is 2.04 bits per heavy atom. The van der Waals surface area contributed by atoms with Gasteiger partial charge in [0.15, 0.2) is 18.1 Å². The fourth-order valence-corrected chi connectivity index (χ4v) is 1.87. The molecule has 2 aromatic carbocycles. The van der Waals surface area contributed by atoms with Gasteiger partial charge in [-0.3, -0.25) is 4.79 Å². The van der Waals surface area contributed by atoms with Gasteiger partial charge in [-0.05, 0) is 43.2 Å². The van der Waals surface area contributed by atoms with Gasteiger partial charge in [-0.25, -0.2) is 5.43 Å². The number of hydrogen-bond donors (Lipinski definition) is 3. The molecule has 0 aliphatic heterocycles. The monoisotopic (exact) mass is 314 g/mol. The standard InChI is InChI=1S/C17H18N2O4/c1-11-6-7-12(2)15(8-11)23-10-16(21)19-18-9-13-4-3-5-14(20)17(13)22/h3-9,20,22H,10H2,1-2H3,(H,19,21). The second kappa shape index (κ2) is 7.31. The van der Waals surface area contributed by atoms with E-state index in [4.69, 9.17) is 4.74 Å². The van der Waals surface area contributed by atoms with Crippen LogP contribution in [0.3, 0.4) is 0 Å². The highest BCUT2D eigenvalue weighted by atomic mass is 16.5. The van der Waals surface area contributed by atoms with Crippen LogP contribution in [-0.4, -0.2) is 28.9 Å². The lowest BCUT2D eigenvalue weighted by molar-refractivity contribution is -0.123. The molecule has 6 nitrogen and oxygen atoms in total. The van der Waals surface area contributed by atoms with Gasteiger partial charge < -0.3 is 14.9 Å². The molecule has 0 atom stereocenters. The lowest BCUT2D eigenvalue weighted by Gasteiger charge is -2.08. The number of rotatable bonds is 5. The topological polar surface area (TPSA) is 91.2 Å². The highest BCUT2D eigenvalue weighted by Gasteiger charge is 2.05. The van der Waals surface area contributed by atoms with Crippen molar-refractivity contribution in [2.45, 2.75) is 13.8 Å². The molecule has 0 aliphatic carbocycles. The van der Waals surface area contributed by atoms with Gasteiger partial charge in [-0.1, -0.05) is 18.2 Å². The summed E-state index contributed by atoms with van der Waals surface area (Å²) in [7, 11) is 0. The largest absolute Gasteiger partial charge is 0.504 e. The van der Waals surface area contributed by atoms with E-state index in [1.807, 2.05) is 32.0 Å². The van der Waals surface area contributed by atoms with E-state index in [-0.39, 0.29) is 18.1 Å². The number of nitrogens with one attached hydrogen (secondary N) is 1. The van der Waals surface area contributed by atoms with Crippen LogP contribution in [0.5, 0.6) is 17.2 Å². The van der Waals surface area contributed by atoms with Gasteiger partial charge in [0.1, 0.15) is 5.75 Å². The number of carbonyl (C=O) groups is 1. The Hall–Kier alpha value is -3.02. The summed E-state index contributed by atoms with van der Waals surface area (Å²) in [5, 5.41) is 22.7. The summed E-state index contributed by atoms with van der Waals surface area (Å²) in [5.41, 5.74) is 4.57. The molecule has 3 N–H and O–H groups in total. The van der Waals surface area contributed by atoms with Crippen molar-refractivity contribution in [1.29, 1.82) is 0 Å². The molecule has 2 rings (SSSR count). The maximum atomic E-state index is 11.7. The molecule has 23 heavy (non-hydrogen) atoms.